The van der Waals surface area contributed by atoms with Gasteiger partial charge in [-0.05, 0) is 22.0 Å². The minimum atomic E-state index is -0.892. The highest BCUT2D eigenvalue weighted by Crippen LogP contribution is 2.25. The van der Waals surface area contributed by atoms with Crippen LogP contribution in [-0.2, 0) is 4.79 Å². The number of aliphatic carboxylic acids is 1. The molecule has 1 N–H and O–H groups in total. The lowest BCUT2D eigenvalue weighted by molar-refractivity contribution is -0.141. The maximum absolute atomic E-state index is 10.9. The van der Waals surface area contributed by atoms with Crippen LogP contribution in [0.5, 0.6) is 0 Å². The summed E-state index contributed by atoms with van der Waals surface area (Å²) in [6, 6.07) is 1.81. The molecule has 2 unspecified atom stereocenters. The average molecular weight is 326 g/mol. The number of nitrogens with zero attached hydrogens (tertiary/aromatic N) is 3. The molecule has 0 saturated heterocycles. The van der Waals surface area contributed by atoms with E-state index in [0.29, 0.717) is 17.3 Å². The van der Waals surface area contributed by atoms with E-state index >= 15 is 0 Å². The lowest BCUT2D eigenvalue weighted by Crippen LogP contribution is -2.16. The van der Waals surface area contributed by atoms with Crippen molar-refractivity contribution in [1.29, 1.82) is 0 Å². The van der Waals surface area contributed by atoms with Gasteiger partial charge in [0.15, 0.2) is 0 Å². The molecule has 0 aliphatic heterocycles. The second-order valence-corrected chi connectivity index (χ2v) is 5.18. The van der Waals surface area contributed by atoms with Gasteiger partial charge in [-0.1, -0.05) is 19.0 Å². The van der Waals surface area contributed by atoms with E-state index in [1.807, 2.05) is 6.07 Å². The first-order valence-electron chi connectivity index (χ1n) is 5.66. The number of pyridine rings is 1. The summed E-state index contributed by atoms with van der Waals surface area (Å²) in [6.07, 6.45) is 3.27. The molecule has 2 aromatic rings. The van der Waals surface area contributed by atoms with Crippen molar-refractivity contribution < 1.29 is 14.4 Å². The molecule has 6 nitrogen and oxygen atoms in total. The van der Waals surface area contributed by atoms with Crippen LogP contribution in [0.3, 0.4) is 0 Å². The molecule has 100 valence electrons. The SMILES string of the molecule is CC(C(=O)O)C(C)c1nc(-c2cncc(Br)c2)no1. The number of carboxylic acids is 1. The third-order valence-electron chi connectivity index (χ3n) is 2.93. The van der Waals surface area contributed by atoms with Crippen LogP contribution in [0.25, 0.3) is 11.4 Å². The molecule has 2 atom stereocenters. The minimum absolute atomic E-state index is 0.310. The maximum Gasteiger partial charge on any atom is 0.307 e. The minimum Gasteiger partial charge on any atom is -0.481 e. The molecule has 0 aliphatic carbocycles. The summed E-state index contributed by atoms with van der Waals surface area (Å²) in [7, 11) is 0. The molecule has 0 aliphatic rings. The summed E-state index contributed by atoms with van der Waals surface area (Å²) in [4.78, 5) is 19.2. The highest BCUT2D eigenvalue weighted by molar-refractivity contribution is 9.10. The standard InChI is InChI=1S/C12H12BrN3O3/c1-6(7(2)12(17)18)11-15-10(16-19-11)8-3-9(13)5-14-4-8/h3-7H,1-2H3,(H,17,18). The van der Waals surface area contributed by atoms with Crippen molar-refractivity contribution in [2.75, 3.05) is 0 Å². The molecule has 0 aromatic carbocycles. The van der Waals surface area contributed by atoms with Crippen molar-refractivity contribution >= 4 is 21.9 Å². The summed E-state index contributed by atoms with van der Waals surface area (Å²) in [5.74, 6) is -1.12. The predicted molar refractivity (Wildman–Crippen MR) is 70.4 cm³/mol. The van der Waals surface area contributed by atoms with Gasteiger partial charge in [-0.3, -0.25) is 9.78 Å². The van der Waals surface area contributed by atoms with E-state index in [4.69, 9.17) is 9.63 Å². The Kier molecular flexibility index (Phi) is 3.94. The summed E-state index contributed by atoms with van der Waals surface area (Å²) in [5.41, 5.74) is 0.708. The molecule has 0 bridgehead atoms. The van der Waals surface area contributed by atoms with Gasteiger partial charge in [0.1, 0.15) is 0 Å². The van der Waals surface area contributed by atoms with Gasteiger partial charge in [-0.2, -0.15) is 4.98 Å². The van der Waals surface area contributed by atoms with Crippen LogP contribution in [0.2, 0.25) is 0 Å². The molecular weight excluding hydrogens is 314 g/mol. The number of hydrogen-bond donors (Lipinski definition) is 1. The topological polar surface area (TPSA) is 89.1 Å². The molecule has 7 heteroatoms. The Morgan fingerprint density at radius 2 is 2.16 bits per heavy atom. The largest absolute Gasteiger partial charge is 0.481 e. The van der Waals surface area contributed by atoms with Crippen LogP contribution < -0.4 is 0 Å². The van der Waals surface area contributed by atoms with E-state index in [9.17, 15) is 4.79 Å². The number of halogens is 1. The lowest BCUT2D eigenvalue weighted by atomic mass is 9.96. The first-order valence-corrected chi connectivity index (χ1v) is 6.45. The summed E-state index contributed by atoms with van der Waals surface area (Å²) < 4.78 is 5.93. The smallest absolute Gasteiger partial charge is 0.307 e. The van der Waals surface area contributed by atoms with Crippen LogP contribution in [-0.4, -0.2) is 26.2 Å². The first kappa shape index (κ1) is 13.7. The van der Waals surface area contributed by atoms with Gasteiger partial charge in [0, 0.05) is 28.3 Å². The van der Waals surface area contributed by atoms with Gasteiger partial charge in [0.05, 0.1) is 5.92 Å². The van der Waals surface area contributed by atoms with E-state index < -0.39 is 11.9 Å². The monoisotopic (exact) mass is 325 g/mol. The van der Waals surface area contributed by atoms with Crippen LogP contribution in [0.15, 0.2) is 27.5 Å². The molecule has 0 spiro atoms. The van der Waals surface area contributed by atoms with Gasteiger partial charge < -0.3 is 9.63 Å². The van der Waals surface area contributed by atoms with Crippen LogP contribution in [0.1, 0.15) is 25.7 Å². The van der Waals surface area contributed by atoms with Gasteiger partial charge in [0.2, 0.25) is 11.7 Å². The maximum atomic E-state index is 10.9. The molecular formula is C12H12BrN3O3. The molecule has 0 amide bonds. The molecule has 0 saturated carbocycles. The number of carbonyl (C=O) groups is 1. The summed E-state index contributed by atoms with van der Waals surface area (Å²) >= 11 is 3.31. The van der Waals surface area contributed by atoms with Crippen molar-refractivity contribution in [2.45, 2.75) is 19.8 Å². The first-order chi connectivity index (χ1) is 8.99. The molecule has 19 heavy (non-hydrogen) atoms. The van der Waals surface area contributed by atoms with Crippen molar-refractivity contribution in [3.05, 3.63) is 28.8 Å². The van der Waals surface area contributed by atoms with Crippen molar-refractivity contribution in [2.24, 2.45) is 5.92 Å². The van der Waals surface area contributed by atoms with E-state index in [1.54, 1.807) is 26.2 Å². The summed E-state index contributed by atoms with van der Waals surface area (Å²) in [6.45, 7) is 3.35. The van der Waals surface area contributed by atoms with Crippen LogP contribution in [0.4, 0.5) is 0 Å². The Bertz CT molecular complexity index is 599. The third kappa shape index (κ3) is 2.98. The number of hydrogen-bond acceptors (Lipinski definition) is 5. The fourth-order valence-electron chi connectivity index (χ4n) is 1.50. The molecule has 2 rings (SSSR count). The molecule has 0 fully saturated rings. The Morgan fingerprint density at radius 1 is 1.42 bits per heavy atom. The highest BCUT2D eigenvalue weighted by atomic mass is 79.9. The third-order valence-corrected chi connectivity index (χ3v) is 3.37. The highest BCUT2D eigenvalue weighted by Gasteiger charge is 2.26. The number of aromatic nitrogens is 3. The Labute approximate surface area is 118 Å². The Hall–Kier alpha value is -1.76. The number of rotatable bonds is 4. The molecule has 2 aromatic heterocycles. The molecule has 0 radical (unpaired) electrons. The van der Waals surface area contributed by atoms with Crippen molar-refractivity contribution in [3.63, 3.8) is 0 Å². The van der Waals surface area contributed by atoms with E-state index in [2.05, 4.69) is 31.1 Å². The van der Waals surface area contributed by atoms with Gasteiger partial charge >= 0.3 is 5.97 Å². The van der Waals surface area contributed by atoms with Gasteiger partial charge in [0.25, 0.3) is 0 Å². The lowest BCUT2D eigenvalue weighted by Gasteiger charge is -2.10. The zero-order valence-corrected chi connectivity index (χ0v) is 12.0. The van der Waals surface area contributed by atoms with Crippen molar-refractivity contribution in [1.82, 2.24) is 15.1 Å². The second kappa shape index (κ2) is 5.48. The fraction of sp³-hybridized carbons (Fsp3) is 0.333. The van der Waals surface area contributed by atoms with Crippen LogP contribution in [0, 0.1) is 5.92 Å². The quantitative estimate of drug-likeness (QED) is 0.929. The van der Waals surface area contributed by atoms with Crippen LogP contribution >= 0.6 is 15.9 Å². The fourth-order valence-corrected chi connectivity index (χ4v) is 1.86. The zero-order chi connectivity index (χ0) is 14.0. The Morgan fingerprint density at radius 3 is 2.79 bits per heavy atom. The van der Waals surface area contributed by atoms with Gasteiger partial charge in [-0.15, -0.1) is 0 Å². The van der Waals surface area contributed by atoms with Gasteiger partial charge in [-0.25, -0.2) is 0 Å². The molecule has 2 heterocycles. The average Bonchev–Trinajstić information content (AvgIpc) is 2.86. The second-order valence-electron chi connectivity index (χ2n) is 4.26. The zero-order valence-electron chi connectivity index (χ0n) is 10.4. The normalized spacial score (nSPS) is 14.1. The van der Waals surface area contributed by atoms with E-state index in [-0.39, 0.29) is 5.92 Å². The van der Waals surface area contributed by atoms with Crippen molar-refractivity contribution in [3.8, 4) is 11.4 Å². The number of carboxylic acid groups (broad SMARTS) is 1. The Balaban J connectivity index is 2.26. The van der Waals surface area contributed by atoms with E-state index in [0.717, 1.165) is 4.47 Å². The summed E-state index contributed by atoms with van der Waals surface area (Å²) in [5, 5.41) is 12.8. The predicted octanol–water partition coefficient (Wildman–Crippen LogP) is 2.72. The van der Waals surface area contributed by atoms with E-state index in [1.165, 1.54) is 0 Å².